The summed E-state index contributed by atoms with van der Waals surface area (Å²) in [4.78, 5) is 61.5. The monoisotopic (exact) mass is 462 g/mol. The van der Waals surface area contributed by atoms with Crippen molar-refractivity contribution in [3.63, 3.8) is 0 Å². The first-order valence-electron chi connectivity index (χ1n) is 10.7. The molecule has 2 aliphatic heterocycles. The van der Waals surface area contributed by atoms with Gasteiger partial charge in [0.1, 0.15) is 12.1 Å². The minimum atomic E-state index is -1.05. The van der Waals surface area contributed by atoms with Crippen LogP contribution in [0.15, 0.2) is 18.2 Å². The van der Waals surface area contributed by atoms with Gasteiger partial charge < -0.3 is 21.3 Å². The third kappa shape index (κ3) is 5.37. The molecular weight excluding hydrogens is 432 g/mol. The maximum Gasteiger partial charge on any atom is 0.320 e. The van der Waals surface area contributed by atoms with Crippen molar-refractivity contribution in [2.24, 2.45) is 5.92 Å². The number of rotatable bonds is 7. The first kappa shape index (κ1) is 25.9. The van der Waals surface area contributed by atoms with Crippen molar-refractivity contribution in [2.75, 3.05) is 25.4 Å². The summed E-state index contributed by atoms with van der Waals surface area (Å²) in [6.45, 7) is 5.86. The molecule has 4 amide bonds. The van der Waals surface area contributed by atoms with Gasteiger partial charge in [-0.15, -0.1) is 0 Å². The zero-order valence-corrected chi connectivity index (χ0v) is 18.9. The number of hydrogen-bond donors (Lipinski definition) is 4. The molecule has 0 spiro atoms. The fourth-order valence-corrected chi connectivity index (χ4v) is 3.84. The molecule has 2 heterocycles. The lowest BCUT2D eigenvalue weighted by atomic mass is 10.0. The zero-order chi connectivity index (χ0) is 24.9. The quantitative estimate of drug-likeness (QED) is 0.323. The van der Waals surface area contributed by atoms with E-state index in [0.717, 1.165) is 9.80 Å². The first-order chi connectivity index (χ1) is 15.6. The van der Waals surface area contributed by atoms with E-state index >= 15 is 0 Å². The van der Waals surface area contributed by atoms with Crippen LogP contribution in [0.3, 0.4) is 0 Å². The number of carboxylic acid groups (broad SMARTS) is 1. The van der Waals surface area contributed by atoms with Gasteiger partial charge in [0.15, 0.2) is 0 Å². The van der Waals surface area contributed by atoms with Crippen LogP contribution in [-0.4, -0.2) is 81.4 Å². The lowest BCUT2D eigenvalue weighted by Crippen LogP contribution is -2.56. The topological polar surface area (TPSA) is 170 Å². The molecule has 3 rings (SSSR count). The Hall–Kier alpha value is -3.31. The Labute approximate surface area is 191 Å². The molecule has 0 radical (unpaired) electrons. The number of fused-ring (bicyclic) bond motifs is 1. The standard InChI is InChI=1S/C15H15N3O5.C7H15NO2/c16-9-3-1-2-8-12(9)15(23)18(13(8)21)10-4-5-11(20)17(6-7-19)14(10)22;1-4-8-6(5(2)3)7(9)10/h1-3,10,19H,4-7,16H2;5-6,8H,4H2,1-3H3,(H,9,10)/t;6-/m.0/s1. The molecule has 11 nitrogen and oxygen atoms in total. The molecule has 0 saturated carbocycles. The van der Waals surface area contributed by atoms with Crippen molar-refractivity contribution in [1.29, 1.82) is 0 Å². The van der Waals surface area contributed by atoms with Crippen LogP contribution in [0, 0.1) is 5.92 Å². The number of aliphatic carboxylic acids is 1. The number of nitrogens with one attached hydrogen (secondary N) is 1. The van der Waals surface area contributed by atoms with Crippen molar-refractivity contribution >= 4 is 35.3 Å². The van der Waals surface area contributed by atoms with Crippen molar-refractivity contribution in [1.82, 2.24) is 15.1 Å². The van der Waals surface area contributed by atoms with E-state index < -0.39 is 41.7 Å². The normalized spacial score (nSPS) is 18.9. The summed E-state index contributed by atoms with van der Waals surface area (Å²) in [6.07, 6.45) is 0.101. The molecular formula is C22H30N4O7. The number of nitrogens with zero attached hydrogens (tertiary/aromatic N) is 2. The van der Waals surface area contributed by atoms with Gasteiger partial charge in [0.2, 0.25) is 5.91 Å². The number of anilines is 1. The molecule has 1 aromatic rings. The number of amides is 4. The molecule has 5 N–H and O–H groups in total. The van der Waals surface area contributed by atoms with Crippen molar-refractivity contribution in [3.05, 3.63) is 29.3 Å². The molecule has 1 aromatic carbocycles. The Balaban J connectivity index is 0.000000328. The van der Waals surface area contributed by atoms with E-state index in [-0.39, 0.29) is 48.7 Å². The lowest BCUT2D eigenvalue weighted by molar-refractivity contribution is -0.152. The van der Waals surface area contributed by atoms with E-state index in [4.69, 9.17) is 15.9 Å². The fourth-order valence-electron chi connectivity index (χ4n) is 3.84. The molecule has 0 bridgehead atoms. The van der Waals surface area contributed by atoms with Crippen LogP contribution in [-0.2, 0) is 14.4 Å². The number of benzene rings is 1. The zero-order valence-electron chi connectivity index (χ0n) is 18.9. The van der Waals surface area contributed by atoms with E-state index in [1.165, 1.54) is 12.1 Å². The highest BCUT2D eigenvalue weighted by atomic mass is 16.4. The fraction of sp³-hybridized carbons (Fsp3) is 0.500. The third-order valence-corrected chi connectivity index (χ3v) is 5.45. The first-order valence-corrected chi connectivity index (χ1v) is 10.7. The molecule has 0 aromatic heterocycles. The van der Waals surface area contributed by atoms with Crippen LogP contribution < -0.4 is 11.1 Å². The van der Waals surface area contributed by atoms with Crippen molar-refractivity contribution in [2.45, 2.75) is 45.7 Å². The van der Waals surface area contributed by atoms with E-state index in [1.807, 2.05) is 20.8 Å². The Kier molecular flexibility index (Phi) is 8.66. The number of hydrogen-bond acceptors (Lipinski definition) is 8. The minimum Gasteiger partial charge on any atom is -0.480 e. The highest BCUT2D eigenvalue weighted by Crippen LogP contribution is 2.31. The van der Waals surface area contributed by atoms with E-state index in [0.29, 0.717) is 6.54 Å². The van der Waals surface area contributed by atoms with Gasteiger partial charge in [0.05, 0.1) is 24.3 Å². The Morgan fingerprint density at radius 3 is 2.36 bits per heavy atom. The largest absolute Gasteiger partial charge is 0.480 e. The molecule has 2 atom stereocenters. The molecule has 1 saturated heterocycles. The maximum atomic E-state index is 12.5. The summed E-state index contributed by atoms with van der Waals surface area (Å²) >= 11 is 0. The predicted octanol–water partition coefficient (Wildman–Crippen LogP) is 0.0798. The lowest BCUT2D eigenvalue weighted by Gasteiger charge is -2.34. The summed E-state index contributed by atoms with van der Waals surface area (Å²) in [7, 11) is 0. The number of nitrogens with two attached hydrogens (primary N) is 1. The SMILES string of the molecule is CCN[C@H](C(=O)O)C(C)C.Nc1cccc2c1C(=O)N(C1CCC(=O)N(CCO)C1=O)C2=O. The maximum absolute atomic E-state index is 12.5. The predicted molar refractivity (Wildman–Crippen MR) is 118 cm³/mol. The summed E-state index contributed by atoms with van der Waals surface area (Å²) in [5.74, 6) is -2.90. The summed E-state index contributed by atoms with van der Waals surface area (Å²) < 4.78 is 0. The van der Waals surface area contributed by atoms with Crippen molar-refractivity contribution < 1.29 is 34.2 Å². The number of carbonyl (C=O) groups is 5. The second kappa shape index (κ2) is 11.0. The second-order valence-corrected chi connectivity index (χ2v) is 8.03. The highest BCUT2D eigenvalue weighted by molar-refractivity contribution is 6.25. The van der Waals surface area contributed by atoms with E-state index in [9.17, 15) is 24.0 Å². The van der Waals surface area contributed by atoms with E-state index in [2.05, 4.69) is 5.32 Å². The third-order valence-electron chi connectivity index (χ3n) is 5.45. The van der Waals surface area contributed by atoms with Gasteiger partial charge >= 0.3 is 5.97 Å². The number of aliphatic hydroxyl groups excluding tert-OH is 1. The van der Waals surface area contributed by atoms with Crippen LogP contribution in [0.25, 0.3) is 0 Å². The summed E-state index contributed by atoms with van der Waals surface area (Å²) in [5, 5.41) is 20.5. The molecule has 33 heavy (non-hydrogen) atoms. The average molecular weight is 463 g/mol. The Morgan fingerprint density at radius 1 is 1.21 bits per heavy atom. The number of imide groups is 2. The second-order valence-electron chi connectivity index (χ2n) is 8.03. The van der Waals surface area contributed by atoms with Crippen molar-refractivity contribution in [3.8, 4) is 0 Å². The van der Waals surface area contributed by atoms with Crippen LogP contribution in [0.2, 0.25) is 0 Å². The van der Waals surface area contributed by atoms with Gasteiger partial charge in [-0.3, -0.25) is 33.8 Å². The van der Waals surface area contributed by atoms with Crippen LogP contribution >= 0.6 is 0 Å². The van der Waals surface area contributed by atoms with Gasteiger partial charge in [-0.1, -0.05) is 26.8 Å². The number of nitrogen functional groups attached to an aromatic ring is 1. The number of carbonyl (C=O) groups excluding carboxylic acids is 4. The average Bonchev–Trinajstić information content (AvgIpc) is 3.01. The number of aliphatic hydroxyl groups is 1. The number of likely N-dealkylation sites (N-methyl/N-ethyl adjacent to an activating group) is 1. The Bertz CT molecular complexity index is 947. The molecule has 0 aliphatic carbocycles. The molecule has 1 fully saturated rings. The number of β-amino-alcohol motifs (C(OH)–C–C–N with tert-alkyl or cyclic N) is 1. The van der Waals surface area contributed by atoms with Crippen LogP contribution in [0.5, 0.6) is 0 Å². The van der Waals surface area contributed by atoms with Gasteiger partial charge in [-0.2, -0.15) is 0 Å². The van der Waals surface area contributed by atoms with Gasteiger partial charge in [-0.25, -0.2) is 0 Å². The molecule has 11 heteroatoms. The smallest absolute Gasteiger partial charge is 0.320 e. The minimum absolute atomic E-state index is 0.0271. The van der Waals surface area contributed by atoms with Gasteiger partial charge in [0, 0.05) is 12.1 Å². The number of carboxylic acids is 1. The highest BCUT2D eigenvalue weighted by Gasteiger charge is 2.47. The summed E-state index contributed by atoms with van der Waals surface area (Å²) in [6, 6.07) is 3.11. The number of piperidine rings is 1. The van der Waals surface area contributed by atoms with Crippen LogP contribution in [0.4, 0.5) is 5.69 Å². The molecule has 180 valence electrons. The Morgan fingerprint density at radius 2 is 1.88 bits per heavy atom. The van der Waals surface area contributed by atoms with Crippen LogP contribution in [0.1, 0.15) is 54.3 Å². The molecule has 1 unspecified atom stereocenters. The van der Waals surface area contributed by atoms with E-state index in [1.54, 1.807) is 6.07 Å². The summed E-state index contributed by atoms with van der Waals surface area (Å²) in [5.41, 5.74) is 6.20. The van der Waals surface area contributed by atoms with Gasteiger partial charge in [0.25, 0.3) is 17.7 Å². The van der Waals surface area contributed by atoms with Gasteiger partial charge in [-0.05, 0) is 31.0 Å². The molecule has 2 aliphatic rings. The number of likely N-dealkylation sites (tertiary alicyclic amines) is 1.